The Kier molecular flexibility index (Phi) is 3.69. The summed E-state index contributed by atoms with van der Waals surface area (Å²) in [5.74, 6) is 0.616. The maximum Gasteiger partial charge on any atom is 0.236 e. The monoisotopic (exact) mass is 222 g/mol. The zero-order valence-corrected chi connectivity index (χ0v) is 9.59. The molecule has 0 saturated carbocycles. The van der Waals surface area contributed by atoms with Crippen LogP contribution < -0.4 is 10.5 Å². The second-order valence-corrected chi connectivity index (χ2v) is 4.01. The molecular weight excluding hydrogens is 204 g/mol. The summed E-state index contributed by atoms with van der Waals surface area (Å²) >= 11 is 0. The quantitative estimate of drug-likeness (QED) is 0.799. The highest BCUT2D eigenvalue weighted by molar-refractivity contribution is 5.17. The molecule has 1 aromatic rings. The summed E-state index contributed by atoms with van der Waals surface area (Å²) in [6.07, 6.45) is 5.74. The van der Waals surface area contributed by atoms with Crippen LogP contribution in [0.4, 0.5) is 0 Å². The van der Waals surface area contributed by atoms with Crippen molar-refractivity contribution in [1.82, 2.24) is 14.9 Å². The van der Waals surface area contributed by atoms with E-state index in [0.29, 0.717) is 18.5 Å². The molecule has 0 amide bonds. The van der Waals surface area contributed by atoms with E-state index >= 15 is 0 Å². The molecule has 0 aliphatic carbocycles. The van der Waals surface area contributed by atoms with Crippen molar-refractivity contribution >= 4 is 0 Å². The molecular formula is C11H18N4O. The third-order valence-corrected chi connectivity index (χ3v) is 3.05. The van der Waals surface area contributed by atoms with Gasteiger partial charge in [0, 0.05) is 31.5 Å². The number of likely N-dealkylation sites (tertiary alicyclic amines) is 1. The van der Waals surface area contributed by atoms with E-state index in [0.717, 1.165) is 18.8 Å². The first-order chi connectivity index (χ1) is 7.85. The van der Waals surface area contributed by atoms with Crippen molar-refractivity contribution in [3.05, 3.63) is 18.1 Å². The minimum Gasteiger partial charge on any atom is -0.480 e. The van der Waals surface area contributed by atoms with E-state index in [1.54, 1.807) is 19.5 Å². The van der Waals surface area contributed by atoms with Gasteiger partial charge in [-0.25, -0.2) is 4.98 Å². The highest BCUT2D eigenvalue weighted by Crippen LogP contribution is 2.21. The second kappa shape index (κ2) is 5.23. The standard InChI is InChI=1S/C11H18N4O/c1-16-11-10(13-4-5-14-11)8-15-6-2-3-9(15)7-12/h4-5,9H,2-3,6-8,12H2,1H3/t9-/m1/s1. The first kappa shape index (κ1) is 11.3. The lowest BCUT2D eigenvalue weighted by molar-refractivity contribution is 0.241. The molecule has 2 N–H and O–H groups in total. The Labute approximate surface area is 95.6 Å². The number of methoxy groups -OCH3 is 1. The van der Waals surface area contributed by atoms with Crippen LogP contribution in [0.2, 0.25) is 0 Å². The van der Waals surface area contributed by atoms with E-state index in [1.165, 1.54) is 12.8 Å². The third kappa shape index (κ3) is 2.31. The van der Waals surface area contributed by atoms with Crippen LogP contribution in [0, 0.1) is 0 Å². The van der Waals surface area contributed by atoms with Crippen molar-refractivity contribution in [2.45, 2.75) is 25.4 Å². The van der Waals surface area contributed by atoms with E-state index in [4.69, 9.17) is 10.5 Å². The zero-order valence-electron chi connectivity index (χ0n) is 9.59. The summed E-state index contributed by atoms with van der Waals surface area (Å²) in [4.78, 5) is 10.8. The molecule has 5 heteroatoms. The Bertz CT molecular complexity index is 345. The lowest BCUT2D eigenvalue weighted by Crippen LogP contribution is -2.35. The number of hydrogen-bond acceptors (Lipinski definition) is 5. The molecule has 2 rings (SSSR count). The number of ether oxygens (including phenoxy) is 1. The zero-order chi connectivity index (χ0) is 11.4. The average Bonchev–Trinajstić information content (AvgIpc) is 2.77. The minimum atomic E-state index is 0.478. The molecule has 1 aliphatic rings. The van der Waals surface area contributed by atoms with Gasteiger partial charge in [0.2, 0.25) is 5.88 Å². The fourth-order valence-corrected chi connectivity index (χ4v) is 2.20. The second-order valence-electron chi connectivity index (χ2n) is 4.01. The van der Waals surface area contributed by atoms with Crippen molar-refractivity contribution in [3.8, 4) is 5.88 Å². The Morgan fingerprint density at radius 1 is 1.50 bits per heavy atom. The Hall–Kier alpha value is -1.20. The Morgan fingerprint density at radius 2 is 2.31 bits per heavy atom. The molecule has 1 fully saturated rings. The lowest BCUT2D eigenvalue weighted by Gasteiger charge is -2.22. The predicted molar refractivity (Wildman–Crippen MR) is 61.1 cm³/mol. The number of rotatable bonds is 4. The highest BCUT2D eigenvalue weighted by atomic mass is 16.5. The van der Waals surface area contributed by atoms with Crippen molar-refractivity contribution in [3.63, 3.8) is 0 Å². The van der Waals surface area contributed by atoms with E-state index in [9.17, 15) is 0 Å². The highest BCUT2D eigenvalue weighted by Gasteiger charge is 2.24. The van der Waals surface area contributed by atoms with Crippen LogP contribution in [-0.2, 0) is 6.54 Å². The molecule has 1 saturated heterocycles. The van der Waals surface area contributed by atoms with Crippen LogP contribution in [0.5, 0.6) is 5.88 Å². The number of nitrogens with zero attached hydrogens (tertiary/aromatic N) is 3. The maximum absolute atomic E-state index is 5.74. The first-order valence-electron chi connectivity index (χ1n) is 5.63. The van der Waals surface area contributed by atoms with Crippen molar-refractivity contribution < 1.29 is 4.74 Å². The molecule has 0 aromatic carbocycles. The molecule has 1 atom stereocenters. The van der Waals surface area contributed by atoms with Crippen molar-refractivity contribution in [2.75, 3.05) is 20.2 Å². The summed E-state index contributed by atoms with van der Waals surface area (Å²) in [6.45, 7) is 2.57. The molecule has 5 nitrogen and oxygen atoms in total. The van der Waals surface area contributed by atoms with Gasteiger partial charge in [0.25, 0.3) is 0 Å². The van der Waals surface area contributed by atoms with Gasteiger partial charge in [-0.15, -0.1) is 0 Å². The lowest BCUT2D eigenvalue weighted by atomic mass is 10.2. The van der Waals surface area contributed by atoms with Gasteiger partial charge in [0.1, 0.15) is 5.69 Å². The van der Waals surface area contributed by atoms with Crippen LogP contribution >= 0.6 is 0 Å². The van der Waals surface area contributed by atoms with E-state index in [2.05, 4.69) is 14.9 Å². The Morgan fingerprint density at radius 3 is 3.06 bits per heavy atom. The van der Waals surface area contributed by atoms with E-state index in [1.807, 2.05) is 0 Å². The van der Waals surface area contributed by atoms with Crippen LogP contribution in [0.1, 0.15) is 18.5 Å². The molecule has 1 aliphatic heterocycles. The molecule has 0 bridgehead atoms. The van der Waals surface area contributed by atoms with Crippen molar-refractivity contribution in [1.29, 1.82) is 0 Å². The normalized spacial score (nSPS) is 21.2. The first-order valence-corrected chi connectivity index (χ1v) is 5.63. The van der Waals surface area contributed by atoms with Gasteiger partial charge in [0.05, 0.1) is 7.11 Å². The van der Waals surface area contributed by atoms with E-state index < -0.39 is 0 Å². The van der Waals surface area contributed by atoms with Gasteiger partial charge in [-0.3, -0.25) is 9.88 Å². The average molecular weight is 222 g/mol. The van der Waals surface area contributed by atoms with Gasteiger partial charge in [0.15, 0.2) is 0 Å². The SMILES string of the molecule is COc1nccnc1CN1CCC[C@@H]1CN. The molecule has 1 aromatic heterocycles. The van der Waals surface area contributed by atoms with Crippen LogP contribution in [0.25, 0.3) is 0 Å². The number of aromatic nitrogens is 2. The third-order valence-electron chi connectivity index (χ3n) is 3.05. The molecule has 0 radical (unpaired) electrons. The minimum absolute atomic E-state index is 0.478. The Balaban J connectivity index is 2.08. The number of nitrogens with two attached hydrogens (primary N) is 1. The fraction of sp³-hybridized carbons (Fsp3) is 0.636. The molecule has 2 heterocycles. The van der Waals surface area contributed by atoms with Crippen LogP contribution in [-0.4, -0.2) is 41.1 Å². The van der Waals surface area contributed by atoms with Crippen molar-refractivity contribution in [2.24, 2.45) is 5.73 Å². The fourth-order valence-electron chi connectivity index (χ4n) is 2.20. The summed E-state index contributed by atoms with van der Waals surface area (Å²) in [6, 6.07) is 0.478. The molecule has 16 heavy (non-hydrogen) atoms. The van der Waals surface area contributed by atoms with Gasteiger partial charge < -0.3 is 10.5 Å². The van der Waals surface area contributed by atoms with Gasteiger partial charge >= 0.3 is 0 Å². The smallest absolute Gasteiger partial charge is 0.236 e. The summed E-state index contributed by atoms with van der Waals surface area (Å²) in [7, 11) is 1.62. The molecule has 0 unspecified atom stereocenters. The number of hydrogen-bond donors (Lipinski definition) is 1. The van der Waals surface area contributed by atoms with Gasteiger partial charge in [-0.2, -0.15) is 0 Å². The summed E-state index contributed by atoms with van der Waals surface area (Å²) in [5.41, 5.74) is 6.63. The predicted octanol–water partition coefficient (Wildman–Crippen LogP) is 0.408. The summed E-state index contributed by atoms with van der Waals surface area (Å²) < 4.78 is 5.19. The van der Waals surface area contributed by atoms with Gasteiger partial charge in [-0.1, -0.05) is 0 Å². The topological polar surface area (TPSA) is 64.3 Å². The van der Waals surface area contributed by atoms with Crippen LogP contribution in [0.15, 0.2) is 12.4 Å². The molecule has 88 valence electrons. The van der Waals surface area contributed by atoms with E-state index in [-0.39, 0.29) is 0 Å². The largest absolute Gasteiger partial charge is 0.480 e. The summed E-state index contributed by atoms with van der Waals surface area (Å²) in [5, 5.41) is 0. The molecule has 0 spiro atoms. The maximum atomic E-state index is 5.74. The van der Waals surface area contributed by atoms with Crippen LogP contribution in [0.3, 0.4) is 0 Å². The van der Waals surface area contributed by atoms with Gasteiger partial charge in [-0.05, 0) is 19.4 Å².